The van der Waals surface area contributed by atoms with E-state index < -0.39 is 17.8 Å². The van der Waals surface area contributed by atoms with Crippen LogP contribution in [0.4, 0.5) is 0 Å². The first-order valence-corrected chi connectivity index (χ1v) is 8.39. The van der Waals surface area contributed by atoms with Gasteiger partial charge in [0.25, 0.3) is 0 Å². The first-order valence-electron chi connectivity index (χ1n) is 8.39. The molecule has 3 atom stereocenters. The molecule has 1 aliphatic carbocycles. The lowest BCUT2D eigenvalue weighted by molar-refractivity contribution is -0.140. The fourth-order valence-corrected chi connectivity index (χ4v) is 2.97. The van der Waals surface area contributed by atoms with Crippen molar-refractivity contribution in [2.24, 2.45) is 11.8 Å². The summed E-state index contributed by atoms with van der Waals surface area (Å²) in [6.07, 6.45) is 2.64. The number of aryl methyl sites for hydroxylation is 1. The van der Waals surface area contributed by atoms with Crippen LogP contribution in [0.3, 0.4) is 0 Å². The molecule has 2 N–H and O–H groups in total. The zero-order valence-corrected chi connectivity index (χ0v) is 13.8. The van der Waals surface area contributed by atoms with Crippen molar-refractivity contribution < 1.29 is 24.2 Å². The van der Waals surface area contributed by atoms with Crippen molar-refractivity contribution in [1.82, 2.24) is 5.32 Å². The largest absolute Gasteiger partial charge is 0.491 e. The molecule has 1 aliphatic heterocycles. The monoisotopic (exact) mass is 333 g/mol. The van der Waals surface area contributed by atoms with Crippen LogP contribution >= 0.6 is 0 Å². The van der Waals surface area contributed by atoms with Crippen LogP contribution < -0.4 is 10.1 Å². The van der Waals surface area contributed by atoms with Crippen LogP contribution in [0.2, 0.25) is 0 Å². The number of amides is 1. The SMILES string of the molecule is Cc1ccc(CNC(=O)C2CC2C(=O)O)c(OCC2CCCO2)c1. The highest BCUT2D eigenvalue weighted by Crippen LogP contribution is 2.38. The average molecular weight is 333 g/mol. The molecule has 1 amide bonds. The number of benzene rings is 1. The predicted molar refractivity (Wildman–Crippen MR) is 86.7 cm³/mol. The van der Waals surface area contributed by atoms with Crippen LogP contribution in [0.25, 0.3) is 0 Å². The summed E-state index contributed by atoms with van der Waals surface area (Å²) in [5.41, 5.74) is 1.97. The van der Waals surface area contributed by atoms with Gasteiger partial charge in [0.15, 0.2) is 0 Å². The van der Waals surface area contributed by atoms with E-state index in [9.17, 15) is 9.59 Å². The Kier molecular flexibility index (Phi) is 5.04. The smallest absolute Gasteiger partial charge is 0.307 e. The number of nitrogens with one attached hydrogen (secondary N) is 1. The fourth-order valence-electron chi connectivity index (χ4n) is 2.97. The molecule has 1 saturated carbocycles. The topological polar surface area (TPSA) is 84.9 Å². The number of carbonyl (C=O) groups excluding carboxylic acids is 1. The van der Waals surface area contributed by atoms with Crippen LogP contribution in [0.5, 0.6) is 5.75 Å². The maximum Gasteiger partial charge on any atom is 0.307 e. The number of rotatable bonds is 7. The number of carbonyl (C=O) groups is 2. The van der Waals surface area contributed by atoms with Gasteiger partial charge in [-0.2, -0.15) is 0 Å². The maximum atomic E-state index is 12.0. The van der Waals surface area contributed by atoms with E-state index in [1.165, 1.54) is 0 Å². The van der Waals surface area contributed by atoms with Gasteiger partial charge in [-0.25, -0.2) is 0 Å². The molecular weight excluding hydrogens is 310 g/mol. The maximum absolute atomic E-state index is 12.0. The van der Waals surface area contributed by atoms with Gasteiger partial charge in [-0.3, -0.25) is 9.59 Å². The first-order chi connectivity index (χ1) is 11.5. The second-order valence-corrected chi connectivity index (χ2v) is 6.56. The van der Waals surface area contributed by atoms with Gasteiger partial charge in [0.05, 0.1) is 17.9 Å². The van der Waals surface area contributed by atoms with Gasteiger partial charge in [-0.1, -0.05) is 12.1 Å². The molecule has 1 heterocycles. The highest BCUT2D eigenvalue weighted by Gasteiger charge is 2.48. The zero-order chi connectivity index (χ0) is 17.1. The molecule has 6 heteroatoms. The Morgan fingerprint density at radius 3 is 2.88 bits per heavy atom. The van der Waals surface area contributed by atoms with Crippen molar-refractivity contribution in [2.75, 3.05) is 13.2 Å². The first kappa shape index (κ1) is 16.8. The molecule has 3 rings (SSSR count). The molecule has 24 heavy (non-hydrogen) atoms. The number of carboxylic acids is 1. The van der Waals surface area contributed by atoms with Crippen molar-refractivity contribution in [3.05, 3.63) is 29.3 Å². The van der Waals surface area contributed by atoms with Gasteiger partial charge in [0.2, 0.25) is 5.91 Å². The van der Waals surface area contributed by atoms with Gasteiger partial charge in [0, 0.05) is 18.7 Å². The second-order valence-electron chi connectivity index (χ2n) is 6.56. The Morgan fingerprint density at radius 2 is 2.21 bits per heavy atom. The summed E-state index contributed by atoms with van der Waals surface area (Å²) >= 11 is 0. The summed E-state index contributed by atoms with van der Waals surface area (Å²) in [5, 5.41) is 11.7. The Hall–Kier alpha value is -2.08. The number of ether oxygens (including phenoxy) is 2. The van der Waals surface area contributed by atoms with Gasteiger partial charge < -0.3 is 19.9 Å². The van der Waals surface area contributed by atoms with Crippen molar-refractivity contribution in [3.63, 3.8) is 0 Å². The fraction of sp³-hybridized carbons (Fsp3) is 0.556. The van der Waals surface area contributed by atoms with E-state index in [4.69, 9.17) is 14.6 Å². The van der Waals surface area contributed by atoms with Crippen molar-refractivity contribution >= 4 is 11.9 Å². The number of hydrogen-bond acceptors (Lipinski definition) is 4. The molecule has 0 spiro atoms. The Bertz CT molecular complexity index is 624. The van der Waals surface area contributed by atoms with Crippen LogP contribution in [0.15, 0.2) is 18.2 Å². The van der Waals surface area contributed by atoms with Gasteiger partial charge >= 0.3 is 5.97 Å². The highest BCUT2D eigenvalue weighted by molar-refractivity contribution is 5.89. The second kappa shape index (κ2) is 7.21. The quantitative estimate of drug-likeness (QED) is 0.796. The van der Waals surface area contributed by atoms with E-state index in [0.717, 1.165) is 36.3 Å². The third kappa shape index (κ3) is 4.06. The van der Waals surface area contributed by atoms with Gasteiger partial charge in [-0.15, -0.1) is 0 Å². The molecule has 1 aromatic carbocycles. The lowest BCUT2D eigenvalue weighted by Gasteiger charge is -2.16. The normalized spacial score (nSPS) is 25.3. The molecule has 6 nitrogen and oxygen atoms in total. The van der Waals surface area contributed by atoms with E-state index in [1.54, 1.807) is 0 Å². The molecule has 1 aromatic rings. The van der Waals surface area contributed by atoms with E-state index in [-0.39, 0.29) is 12.0 Å². The number of carboxylic acid groups (broad SMARTS) is 1. The molecule has 130 valence electrons. The standard InChI is InChI=1S/C18H23NO5/c1-11-4-5-12(9-19-17(20)14-8-15(14)18(21)22)16(7-11)24-10-13-3-2-6-23-13/h4-5,7,13-15H,2-3,6,8-10H2,1H3,(H,19,20)(H,21,22). The van der Waals surface area contributed by atoms with E-state index >= 15 is 0 Å². The van der Waals surface area contributed by atoms with Crippen LogP contribution in [-0.2, 0) is 20.9 Å². The molecule has 2 fully saturated rings. The van der Waals surface area contributed by atoms with Crippen LogP contribution in [-0.4, -0.2) is 36.3 Å². The van der Waals surface area contributed by atoms with E-state index in [0.29, 0.717) is 19.6 Å². The molecule has 0 aromatic heterocycles. The predicted octanol–water partition coefficient (Wildman–Crippen LogP) is 1.89. The van der Waals surface area contributed by atoms with E-state index in [2.05, 4.69) is 5.32 Å². The van der Waals surface area contributed by atoms with Crippen molar-refractivity contribution in [3.8, 4) is 5.75 Å². The van der Waals surface area contributed by atoms with Gasteiger partial charge in [-0.05, 0) is 37.8 Å². The third-order valence-corrected chi connectivity index (χ3v) is 4.57. The minimum absolute atomic E-state index is 0.135. The van der Waals surface area contributed by atoms with Crippen molar-refractivity contribution in [1.29, 1.82) is 0 Å². The highest BCUT2D eigenvalue weighted by atomic mass is 16.5. The molecule has 0 bridgehead atoms. The van der Waals surface area contributed by atoms with Crippen molar-refractivity contribution in [2.45, 2.75) is 38.8 Å². The number of hydrogen-bond donors (Lipinski definition) is 2. The van der Waals surface area contributed by atoms with Gasteiger partial charge in [0.1, 0.15) is 12.4 Å². The lowest BCUT2D eigenvalue weighted by atomic mass is 10.1. The Labute approximate surface area is 141 Å². The summed E-state index contributed by atoms with van der Waals surface area (Å²) in [7, 11) is 0. The zero-order valence-electron chi connectivity index (χ0n) is 13.8. The van der Waals surface area contributed by atoms with Crippen LogP contribution in [0.1, 0.15) is 30.4 Å². The molecular formula is C18H23NO5. The summed E-state index contributed by atoms with van der Waals surface area (Å²) in [6.45, 7) is 3.62. The third-order valence-electron chi connectivity index (χ3n) is 4.57. The number of aliphatic carboxylic acids is 1. The minimum atomic E-state index is -0.897. The lowest BCUT2D eigenvalue weighted by Crippen LogP contribution is -2.26. The van der Waals surface area contributed by atoms with Crippen LogP contribution in [0, 0.1) is 18.8 Å². The molecule has 1 saturated heterocycles. The summed E-state index contributed by atoms with van der Waals surface area (Å²) in [4.78, 5) is 22.8. The Balaban J connectivity index is 1.56. The minimum Gasteiger partial charge on any atom is -0.491 e. The summed E-state index contributed by atoms with van der Waals surface area (Å²) < 4.78 is 11.5. The summed E-state index contributed by atoms with van der Waals surface area (Å²) in [6, 6.07) is 5.85. The van der Waals surface area contributed by atoms with E-state index in [1.807, 2.05) is 25.1 Å². The average Bonchev–Trinajstić information content (AvgIpc) is 3.20. The summed E-state index contributed by atoms with van der Waals surface area (Å²) in [5.74, 6) is -1.28. The Morgan fingerprint density at radius 1 is 1.38 bits per heavy atom. The molecule has 2 aliphatic rings. The molecule has 3 unspecified atom stereocenters. The molecule has 0 radical (unpaired) electrons.